The Kier molecular flexibility index (Phi) is 4.90. The second-order valence-corrected chi connectivity index (χ2v) is 7.15. The van der Waals surface area contributed by atoms with Gasteiger partial charge in [-0.1, -0.05) is 0 Å². The molecule has 2 amide bonds. The highest BCUT2D eigenvalue weighted by Gasteiger charge is 2.25. The maximum atomic E-state index is 12.8. The molecule has 4 rings (SSSR count). The van der Waals surface area contributed by atoms with Gasteiger partial charge in [-0.3, -0.25) is 14.7 Å². The lowest BCUT2D eigenvalue weighted by molar-refractivity contribution is 0.0746. The largest absolute Gasteiger partial charge is 0.447 e. The van der Waals surface area contributed by atoms with E-state index in [0.29, 0.717) is 31.8 Å². The summed E-state index contributed by atoms with van der Waals surface area (Å²) in [5.74, 6) is 0.0222. The summed E-state index contributed by atoms with van der Waals surface area (Å²) in [6.07, 6.45) is -0.337. The number of carbonyl (C=O) groups is 2. The molecule has 0 spiro atoms. The topological polar surface area (TPSA) is 66.0 Å². The van der Waals surface area contributed by atoms with E-state index in [2.05, 4.69) is 16.0 Å². The van der Waals surface area contributed by atoms with Gasteiger partial charge in [0.05, 0.1) is 17.9 Å². The number of amides is 2. The van der Waals surface area contributed by atoms with Crippen molar-refractivity contribution >= 4 is 23.4 Å². The summed E-state index contributed by atoms with van der Waals surface area (Å²) in [6, 6.07) is 11.3. The zero-order valence-corrected chi connectivity index (χ0v) is 16.2. The summed E-state index contributed by atoms with van der Waals surface area (Å²) in [6.45, 7) is 7.88. The van der Waals surface area contributed by atoms with Crippen LogP contribution in [0.1, 0.15) is 21.7 Å². The van der Waals surface area contributed by atoms with E-state index in [1.165, 1.54) is 0 Å². The number of hydrogen-bond donors (Lipinski definition) is 0. The molecule has 0 radical (unpaired) electrons. The first-order valence-corrected chi connectivity index (χ1v) is 9.56. The number of ether oxygens (including phenoxy) is 1. The van der Waals surface area contributed by atoms with Crippen molar-refractivity contribution in [3.63, 3.8) is 0 Å². The number of anilines is 2. The molecule has 0 N–H and O–H groups in total. The molecule has 7 heteroatoms. The lowest BCUT2D eigenvalue weighted by Crippen LogP contribution is -2.49. The van der Waals surface area contributed by atoms with Crippen LogP contribution in [0.2, 0.25) is 0 Å². The Morgan fingerprint density at radius 3 is 2.29 bits per heavy atom. The fourth-order valence-electron chi connectivity index (χ4n) is 3.76. The predicted molar refractivity (Wildman–Crippen MR) is 107 cm³/mol. The first-order chi connectivity index (χ1) is 13.5. The van der Waals surface area contributed by atoms with E-state index in [4.69, 9.17) is 4.74 Å². The third-order valence-electron chi connectivity index (χ3n) is 5.29. The molecule has 0 saturated carbocycles. The maximum Gasteiger partial charge on any atom is 0.414 e. The van der Waals surface area contributed by atoms with Crippen molar-refractivity contribution in [3.05, 3.63) is 53.3 Å². The Labute approximate surface area is 164 Å². The Hall–Kier alpha value is -3.09. The second-order valence-electron chi connectivity index (χ2n) is 7.15. The molecule has 3 heterocycles. The molecule has 1 aromatic heterocycles. The van der Waals surface area contributed by atoms with Gasteiger partial charge >= 0.3 is 6.09 Å². The normalized spacial score (nSPS) is 17.1. The minimum Gasteiger partial charge on any atom is -0.447 e. The van der Waals surface area contributed by atoms with Gasteiger partial charge in [-0.25, -0.2) is 4.79 Å². The van der Waals surface area contributed by atoms with Crippen LogP contribution >= 0.6 is 0 Å². The molecule has 1 aromatic carbocycles. The number of rotatable bonds is 3. The smallest absolute Gasteiger partial charge is 0.414 e. The fourth-order valence-corrected chi connectivity index (χ4v) is 3.76. The third-order valence-corrected chi connectivity index (χ3v) is 5.29. The molecule has 2 saturated heterocycles. The van der Waals surface area contributed by atoms with Crippen molar-refractivity contribution < 1.29 is 14.3 Å². The van der Waals surface area contributed by atoms with Gasteiger partial charge < -0.3 is 14.5 Å². The number of aromatic nitrogens is 1. The van der Waals surface area contributed by atoms with Crippen LogP contribution in [0.4, 0.5) is 16.2 Å². The summed E-state index contributed by atoms with van der Waals surface area (Å²) in [7, 11) is 0. The highest BCUT2D eigenvalue weighted by Crippen LogP contribution is 2.22. The van der Waals surface area contributed by atoms with Gasteiger partial charge in [0.25, 0.3) is 5.91 Å². The van der Waals surface area contributed by atoms with Gasteiger partial charge in [0.15, 0.2) is 0 Å². The van der Waals surface area contributed by atoms with Crippen LogP contribution in [0.15, 0.2) is 36.4 Å². The summed E-state index contributed by atoms with van der Waals surface area (Å²) in [5.41, 5.74) is 4.57. The van der Waals surface area contributed by atoms with E-state index in [1.807, 2.05) is 24.8 Å². The number of cyclic esters (lactones) is 1. The monoisotopic (exact) mass is 380 g/mol. The van der Waals surface area contributed by atoms with Crippen molar-refractivity contribution in [2.75, 3.05) is 49.1 Å². The molecule has 2 aliphatic rings. The predicted octanol–water partition coefficient (Wildman–Crippen LogP) is 2.62. The lowest BCUT2D eigenvalue weighted by Gasteiger charge is -2.36. The number of nitrogens with zero attached hydrogens (tertiary/aromatic N) is 4. The maximum absolute atomic E-state index is 12.8. The molecule has 2 aliphatic heterocycles. The van der Waals surface area contributed by atoms with E-state index in [9.17, 15) is 9.59 Å². The quantitative estimate of drug-likeness (QED) is 0.819. The van der Waals surface area contributed by atoms with Gasteiger partial charge in [-0.2, -0.15) is 0 Å². The minimum atomic E-state index is -0.337. The van der Waals surface area contributed by atoms with Crippen LogP contribution in [0.5, 0.6) is 0 Å². The lowest BCUT2D eigenvalue weighted by atomic mass is 10.1. The molecule has 0 atom stereocenters. The summed E-state index contributed by atoms with van der Waals surface area (Å²) in [5, 5.41) is 0. The van der Waals surface area contributed by atoms with Crippen molar-refractivity contribution in [2.45, 2.75) is 13.8 Å². The Bertz CT molecular complexity index is 889. The number of piperazine rings is 1. The van der Waals surface area contributed by atoms with Crippen LogP contribution in [0.25, 0.3) is 0 Å². The SMILES string of the molecule is Cc1ccc(N2CCN(C(=O)c3ccc(N4CCOC4=O)cc3)CC2)c(C)n1. The van der Waals surface area contributed by atoms with Crippen molar-refractivity contribution in [1.29, 1.82) is 0 Å². The molecule has 7 nitrogen and oxygen atoms in total. The third kappa shape index (κ3) is 3.52. The molecule has 2 fully saturated rings. The van der Waals surface area contributed by atoms with E-state index in [0.717, 1.165) is 35.9 Å². The molecule has 0 aliphatic carbocycles. The number of carbonyl (C=O) groups excluding carboxylic acids is 2. The molecular formula is C21H24N4O3. The average molecular weight is 380 g/mol. The van der Waals surface area contributed by atoms with Crippen LogP contribution in [0.3, 0.4) is 0 Å². The zero-order chi connectivity index (χ0) is 19.7. The number of hydrogen-bond acceptors (Lipinski definition) is 5. The summed E-state index contributed by atoms with van der Waals surface area (Å²) in [4.78, 5) is 34.8. The summed E-state index contributed by atoms with van der Waals surface area (Å²) >= 11 is 0. The molecular weight excluding hydrogens is 356 g/mol. The highest BCUT2D eigenvalue weighted by molar-refractivity contribution is 5.96. The Morgan fingerprint density at radius 2 is 1.68 bits per heavy atom. The van der Waals surface area contributed by atoms with Gasteiger partial charge in [0, 0.05) is 43.1 Å². The minimum absolute atomic E-state index is 0.0222. The van der Waals surface area contributed by atoms with E-state index >= 15 is 0 Å². The standard InChI is InChI=1S/C21H24N4O3/c1-15-3-8-19(16(2)22-15)23-9-11-24(12-10-23)20(26)17-4-6-18(7-5-17)25-13-14-28-21(25)27/h3-8H,9-14H2,1-2H3. The van der Waals surface area contributed by atoms with Crippen LogP contribution in [0, 0.1) is 13.8 Å². The highest BCUT2D eigenvalue weighted by atomic mass is 16.6. The molecule has 0 unspecified atom stereocenters. The van der Waals surface area contributed by atoms with Gasteiger partial charge in [-0.15, -0.1) is 0 Å². The van der Waals surface area contributed by atoms with Gasteiger partial charge in [0.1, 0.15) is 6.61 Å². The van der Waals surface area contributed by atoms with E-state index < -0.39 is 0 Å². The second kappa shape index (κ2) is 7.50. The average Bonchev–Trinajstić information content (AvgIpc) is 3.14. The first kappa shape index (κ1) is 18.3. The molecule has 146 valence electrons. The fraction of sp³-hybridized carbons (Fsp3) is 0.381. The zero-order valence-electron chi connectivity index (χ0n) is 16.2. The first-order valence-electron chi connectivity index (χ1n) is 9.56. The number of pyridine rings is 1. The molecule has 0 bridgehead atoms. The van der Waals surface area contributed by atoms with Gasteiger partial charge in [0.2, 0.25) is 0 Å². The van der Waals surface area contributed by atoms with Crippen molar-refractivity contribution in [2.24, 2.45) is 0 Å². The molecule has 2 aromatic rings. The van der Waals surface area contributed by atoms with Crippen LogP contribution < -0.4 is 9.80 Å². The van der Waals surface area contributed by atoms with Crippen LogP contribution in [-0.4, -0.2) is 61.2 Å². The Morgan fingerprint density at radius 1 is 0.964 bits per heavy atom. The summed E-state index contributed by atoms with van der Waals surface area (Å²) < 4.78 is 4.96. The van der Waals surface area contributed by atoms with Gasteiger partial charge in [-0.05, 0) is 50.2 Å². The van der Waals surface area contributed by atoms with Crippen molar-refractivity contribution in [1.82, 2.24) is 9.88 Å². The Balaban J connectivity index is 1.39. The van der Waals surface area contributed by atoms with E-state index in [1.54, 1.807) is 29.2 Å². The van der Waals surface area contributed by atoms with Crippen molar-refractivity contribution in [3.8, 4) is 0 Å². The van der Waals surface area contributed by atoms with Crippen LogP contribution in [-0.2, 0) is 4.74 Å². The molecule has 28 heavy (non-hydrogen) atoms. The van der Waals surface area contributed by atoms with E-state index in [-0.39, 0.29) is 12.0 Å². The number of benzene rings is 1. The number of aryl methyl sites for hydroxylation is 2.